The predicted molar refractivity (Wildman–Crippen MR) is 219 cm³/mol. The largest absolute Gasteiger partial charge is 0.458 e. The Morgan fingerprint density at radius 2 is 1.77 bits per heavy atom. The van der Waals surface area contributed by atoms with Crippen LogP contribution in [0.15, 0.2) is 31.0 Å². The molecule has 16 heteroatoms. The summed E-state index contributed by atoms with van der Waals surface area (Å²) in [6.07, 6.45) is 3.07. The molecule has 60 heavy (non-hydrogen) atoms. The number of Topliss-reactive ketones (excluding diaryl/α,β-unsaturated/α-hetero) is 2. The molecule has 1 amide bonds. The third-order valence-electron chi connectivity index (χ3n) is 13.3. The van der Waals surface area contributed by atoms with E-state index in [1.165, 1.54) is 20.1 Å². The number of pyridine rings is 1. The maximum Gasteiger partial charge on any atom is 0.410 e. The van der Waals surface area contributed by atoms with Crippen molar-refractivity contribution in [1.29, 1.82) is 0 Å². The minimum absolute atomic E-state index is 0.0504. The first-order chi connectivity index (χ1) is 28.2. The van der Waals surface area contributed by atoms with Gasteiger partial charge in [0.1, 0.15) is 29.7 Å². The Hall–Kier alpha value is -3.83. The van der Waals surface area contributed by atoms with Crippen LogP contribution in [0.3, 0.4) is 0 Å². The standard InChI is InChI=1S/C44H66FN5O10/c1-13-34-44(9)38(50(42(55)60-44)16-14-15-25(3)49-22-32(47-23-49)30-18-31(45)21-46-20-30)27(5)35(51)24(2)19-43(8,56-12)39(28(6)36(52)29(7)40(54)58-34)59-41-37(53)33(48(10)11)17-26(4)57-41/h18,20-29,33-34,37-39,41,53H,13-17,19H2,1-12H3/t24-,25-,26-,27+,28+,29-,33+,34-,37-,38+,39-,41?,43-,44-/m1/s1. The molecule has 3 saturated heterocycles. The highest BCUT2D eigenvalue weighted by Crippen LogP contribution is 2.43. The predicted octanol–water partition coefficient (Wildman–Crippen LogP) is 5.63. The van der Waals surface area contributed by atoms with Crippen LogP contribution < -0.4 is 0 Å². The zero-order valence-electron chi connectivity index (χ0n) is 37.3. The summed E-state index contributed by atoms with van der Waals surface area (Å²) in [7, 11) is 5.21. The number of aliphatic hydroxyl groups excluding tert-OH is 1. The van der Waals surface area contributed by atoms with Gasteiger partial charge in [-0.25, -0.2) is 14.2 Å². The number of esters is 1. The topological polar surface area (TPSA) is 172 Å². The van der Waals surface area contributed by atoms with Crippen molar-refractivity contribution in [3.05, 3.63) is 36.8 Å². The molecule has 0 saturated carbocycles. The summed E-state index contributed by atoms with van der Waals surface area (Å²) in [6.45, 7) is 16.1. The molecule has 0 radical (unpaired) electrons. The Kier molecular flexibility index (Phi) is 15.0. The smallest absolute Gasteiger partial charge is 0.410 e. The fourth-order valence-electron chi connectivity index (χ4n) is 9.69. The van der Waals surface area contributed by atoms with E-state index < -0.39 is 89.2 Å². The average Bonchev–Trinajstić information content (AvgIpc) is 3.80. The Morgan fingerprint density at radius 3 is 2.40 bits per heavy atom. The number of likely N-dealkylation sites (N-methyl/N-ethyl adjacent to an activating group) is 1. The number of hydrogen-bond donors (Lipinski definition) is 1. The van der Waals surface area contributed by atoms with Crippen molar-refractivity contribution in [2.24, 2.45) is 23.7 Å². The molecule has 15 nitrogen and oxygen atoms in total. The van der Waals surface area contributed by atoms with Gasteiger partial charge in [-0.15, -0.1) is 0 Å². The molecule has 5 rings (SSSR count). The number of aromatic nitrogens is 3. The first-order valence-electron chi connectivity index (χ1n) is 21.3. The number of imidazole rings is 1. The number of aliphatic hydroxyl groups is 1. The molecule has 3 aliphatic heterocycles. The molecular formula is C44H66FN5O10. The normalized spacial score (nSPS) is 36.5. The van der Waals surface area contributed by atoms with E-state index in [0.29, 0.717) is 30.5 Å². The minimum Gasteiger partial charge on any atom is -0.458 e. The second-order valence-electron chi connectivity index (χ2n) is 18.0. The van der Waals surface area contributed by atoms with Gasteiger partial charge in [0.2, 0.25) is 0 Å². The van der Waals surface area contributed by atoms with Crippen LogP contribution in [0.4, 0.5) is 9.18 Å². The minimum atomic E-state index is -1.44. The maximum absolute atomic E-state index is 14.8. The van der Waals surface area contributed by atoms with Gasteiger partial charge in [-0.2, -0.15) is 0 Å². The molecule has 2 aromatic heterocycles. The van der Waals surface area contributed by atoms with Gasteiger partial charge >= 0.3 is 12.1 Å². The number of cyclic esters (lactones) is 1. The lowest BCUT2D eigenvalue weighted by atomic mass is 9.73. The number of nitrogens with zero attached hydrogens (tertiary/aromatic N) is 5. The molecule has 2 aromatic rings. The van der Waals surface area contributed by atoms with Crippen LogP contribution in [-0.4, -0.2) is 135 Å². The summed E-state index contributed by atoms with van der Waals surface area (Å²) >= 11 is 0. The van der Waals surface area contributed by atoms with Crippen molar-refractivity contribution in [2.75, 3.05) is 27.7 Å². The number of fused-ring (bicyclic) bond motifs is 1. The number of carbonyl (C=O) groups excluding carboxylic acids is 4. The van der Waals surface area contributed by atoms with Crippen molar-refractivity contribution in [2.45, 2.75) is 154 Å². The van der Waals surface area contributed by atoms with Crippen LogP contribution in [0.2, 0.25) is 0 Å². The van der Waals surface area contributed by atoms with E-state index in [1.54, 1.807) is 59.0 Å². The molecule has 3 aliphatic rings. The van der Waals surface area contributed by atoms with Crippen LogP contribution in [0.5, 0.6) is 0 Å². The Labute approximate surface area is 353 Å². The highest BCUT2D eigenvalue weighted by atomic mass is 19.1. The van der Waals surface area contributed by atoms with Gasteiger partial charge in [0.05, 0.1) is 42.1 Å². The molecule has 334 valence electrons. The van der Waals surface area contributed by atoms with Crippen molar-refractivity contribution < 1.29 is 52.4 Å². The van der Waals surface area contributed by atoms with Crippen LogP contribution in [-0.2, 0) is 38.1 Å². The van der Waals surface area contributed by atoms with Crippen molar-refractivity contribution in [3.63, 3.8) is 0 Å². The number of halogens is 1. The molecule has 14 atom stereocenters. The molecule has 0 aromatic carbocycles. The van der Waals surface area contributed by atoms with Gasteiger partial charge in [0.15, 0.2) is 17.7 Å². The number of rotatable bonds is 11. The van der Waals surface area contributed by atoms with Crippen LogP contribution in [0.25, 0.3) is 11.3 Å². The lowest BCUT2D eigenvalue weighted by molar-refractivity contribution is -0.295. The number of carbonyl (C=O) groups is 4. The number of ketones is 2. The van der Waals surface area contributed by atoms with Crippen molar-refractivity contribution in [3.8, 4) is 11.3 Å². The summed E-state index contributed by atoms with van der Waals surface area (Å²) in [5.74, 6) is -5.58. The van der Waals surface area contributed by atoms with E-state index in [1.807, 2.05) is 43.6 Å². The van der Waals surface area contributed by atoms with E-state index >= 15 is 0 Å². The van der Waals surface area contributed by atoms with E-state index in [4.69, 9.17) is 23.7 Å². The lowest BCUT2D eigenvalue weighted by Crippen LogP contribution is -2.60. The maximum atomic E-state index is 14.8. The molecular weight excluding hydrogens is 778 g/mol. The third kappa shape index (κ3) is 9.62. The van der Waals surface area contributed by atoms with Crippen molar-refractivity contribution >= 4 is 23.6 Å². The van der Waals surface area contributed by atoms with Gasteiger partial charge in [-0.05, 0) is 86.9 Å². The Bertz CT molecular complexity index is 1840. The Morgan fingerprint density at radius 1 is 1.07 bits per heavy atom. The summed E-state index contributed by atoms with van der Waals surface area (Å²) in [5.41, 5.74) is -1.60. The second kappa shape index (κ2) is 19.1. The SMILES string of the molecule is CC[C@H]1OC(=O)[C@H](C)C(=O)[C@H](C)[C@@H](OC2O[C@H](C)C[C@H](N(C)C)[C@H]2O)[C@](C)(OC)C[C@@H](C)C(=O)[C@H](C)[C@@H]2N(CCC[C@@H](C)n3cnc(-c4cncc(F)c4)c3)C(=O)O[C@@]21C. The highest BCUT2D eigenvalue weighted by molar-refractivity contribution is 6.00. The van der Waals surface area contributed by atoms with Gasteiger partial charge in [0, 0.05) is 61.4 Å². The number of ether oxygens (including phenoxy) is 5. The number of amides is 1. The third-order valence-corrected chi connectivity index (χ3v) is 13.3. The molecule has 5 heterocycles. The second-order valence-corrected chi connectivity index (χ2v) is 18.0. The fraction of sp³-hybridized carbons (Fsp3) is 0.727. The van der Waals surface area contributed by atoms with Gasteiger partial charge in [-0.1, -0.05) is 27.7 Å². The summed E-state index contributed by atoms with van der Waals surface area (Å²) in [6, 6.07) is 0.192. The Balaban J connectivity index is 1.44. The number of hydrogen-bond acceptors (Lipinski definition) is 13. The lowest BCUT2D eigenvalue weighted by Gasteiger charge is -2.47. The summed E-state index contributed by atoms with van der Waals surface area (Å²) in [4.78, 5) is 68.9. The van der Waals surface area contributed by atoms with Gasteiger partial charge in [-0.3, -0.25) is 19.4 Å². The zero-order chi connectivity index (χ0) is 44.4. The average molecular weight is 844 g/mol. The summed E-state index contributed by atoms with van der Waals surface area (Å²) in [5, 5.41) is 11.5. The fourth-order valence-corrected chi connectivity index (χ4v) is 9.69. The van der Waals surface area contributed by atoms with Crippen LogP contribution >= 0.6 is 0 Å². The van der Waals surface area contributed by atoms with Gasteiger partial charge in [0.25, 0.3) is 0 Å². The van der Waals surface area contributed by atoms with E-state index in [0.717, 1.165) is 6.20 Å². The van der Waals surface area contributed by atoms with Crippen LogP contribution in [0.1, 0.15) is 100 Å². The quantitative estimate of drug-likeness (QED) is 0.218. The van der Waals surface area contributed by atoms with E-state index in [9.17, 15) is 28.7 Å². The molecule has 3 fully saturated rings. The molecule has 0 bridgehead atoms. The van der Waals surface area contributed by atoms with Crippen LogP contribution in [0, 0.1) is 29.5 Å². The first-order valence-corrected chi connectivity index (χ1v) is 21.3. The summed E-state index contributed by atoms with van der Waals surface area (Å²) < 4.78 is 47.0. The molecule has 1 N–H and O–H groups in total. The monoisotopic (exact) mass is 843 g/mol. The van der Waals surface area contributed by atoms with Gasteiger partial charge < -0.3 is 43.2 Å². The molecule has 0 aliphatic carbocycles. The number of methoxy groups -OCH3 is 1. The molecule has 1 unspecified atom stereocenters. The van der Waals surface area contributed by atoms with E-state index in [-0.39, 0.29) is 43.4 Å². The zero-order valence-corrected chi connectivity index (χ0v) is 37.3. The highest BCUT2D eigenvalue weighted by Gasteiger charge is 2.60. The molecule has 0 spiro atoms. The first kappa shape index (κ1) is 47.2. The van der Waals surface area contributed by atoms with Crippen molar-refractivity contribution in [1.82, 2.24) is 24.3 Å². The van der Waals surface area contributed by atoms with E-state index in [2.05, 4.69) is 9.97 Å².